The zero-order valence-corrected chi connectivity index (χ0v) is 67.3. The summed E-state index contributed by atoms with van der Waals surface area (Å²) in [5.74, 6) is -0.494. The molecular weight excluding hydrogens is 1310 g/mol. The lowest BCUT2D eigenvalue weighted by Gasteiger charge is -2.21. The van der Waals surface area contributed by atoms with E-state index in [0.29, 0.717) is 25.7 Å². The highest BCUT2D eigenvalue weighted by molar-refractivity contribution is 7.47. The predicted molar refractivity (Wildman–Crippen MR) is 409 cm³/mol. The van der Waals surface area contributed by atoms with E-state index in [1.165, 1.54) is 244 Å². The molecule has 3 N–H and O–H groups in total. The van der Waals surface area contributed by atoms with Crippen molar-refractivity contribution in [3.8, 4) is 0 Å². The number of aliphatic hydroxyl groups is 1. The Labute approximate surface area is 613 Å². The maximum absolute atomic E-state index is 13.1. The Morgan fingerprint density at radius 1 is 0.280 bits per heavy atom. The summed E-state index contributed by atoms with van der Waals surface area (Å²) in [4.78, 5) is 73.1. The summed E-state index contributed by atoms with van der Waals surface area (Å²) >= 11 is 0. The summed E-state index contributed by atoms with van der Waals surface area (Å²) < 4.78 is 68.8. The number of esters is 4. The molecule has 0 aromatic carbocycles. The molecule has 0 saturated carbocycles. The van der Waals surface area contributed by atoms with Crippen molar-refractivity contribution in [2.75, 3.05) is 39.6 Å². The van der Waals surface area contributed by atoms with Crippen LogP contribution in [0.1, 0.15) is 427 Å². The van der Waals surface area contributed by atoms with Gasteiger partial charge >= 0.3 is 39.5 Å². The molecule has 0 saturated heterocycles. The number of rotatable bonds is 80. The molecular formula is C81H158O17P2. The van der Waals surface area contributed by atoms with Crippen LogP contribution in [0.15, 0.2) is 0 Å². The van der Waals surface area contributed by atoms with Gasteiger partial charge in [-0.05, 0) is 37.5 Å². The minimum absolute atomic E-state index is 0.107. The number of phosphoric ester groups is 2. The van der Waals surface area contributed by atoms with Crippen molar-refractivity contribution in [3.05, 3.63) is 0 Å². The van der Waals surface area contributed by atoms with E-state index in [9.17, 15) is 43.2 Å². The largest absolute Gasteiger partial charge is 0.472 e. The highest BCUT2D eigenvalue weighted by Gasteiger charge is 2.30. The quantitative estimate of drug-likeness (QED) is 0.0222. The highest BCUT2D eigenvalue weighted by atomic mass is 31.2. The molecule has 0 radical (unpaired) electrons. The second kappa shape index (κ2) is 72.6. The molecule has 594 valence electrons. The molecule has 17 nitrogen and oxygen atoms in total. The Kier molecular flexibility index (Phi) is 71.2. The van der Waals surface area contributed by atoms with Crippen molar-refractivity contribution < 1.29 is 80.2 Å². The summed E-state index contributed by atoms with van der Waals surface area (Å²) in [5, 5.41) is 10.6. The predicted octanol–water partition coefficient (Wildman–Crippen LogP) is 24.3. The second-order valence-electron chi connectivity index (χ2n) is 29.6. The van der Waals surface area contributed by atoms with Crippen molar-refractivity contribution in [1.29, 1.82) is 0 Å². The van der Waals surface area contributed by atoms with Gasteiger partial charge in [0.25, 0.3) is 0 Å². The molecule has 0 heterocycles. The fourth-order valence-corrected chi connectivity index (χ4v) is 14.1. The molecule has 0 aliphatic carbocycles. The smallest absolute Gasteiger partial charge is 0.462 e. The standard InChI is InChI=1S/C81H158O17P2/c1-7-11-13-15-17-19-21-23-24-25-26-27-28-30-32-41-47-53-59-65-80(85)97-76(70-92-79(84)64-58-52-46-40-35-33-37-43-49-55-61-73(5)9-3)71-95-99(87,88)93-67-75(82)68-94-100(89,90)96-72-77(69-91-78(83)63-57-51-45-39-31-29-22-20-18-16-14-12-8-2)98-81(86)66-60-54-48-42-36-34-38-44-50-56-62-74(6)10-4/h73-77,82H,7-72H2,1-6H3,(H,87,88)(H,89,90)/t73?,74?,75-,76-,77-/m1/s1. The number of hydrogen-bond donors (Lipinski definition) is 3. The van der Waals surface area contributed by atoms with Gasteiger partial charge in [0.2, 0.25) is 0 Å². The fraction of sp³-hybridized carbons (Fsp3) is 0.951. The molecule has 0 aromatic heterocycles. The monoisotopic (exact) mass is 1470 g/mol. The van der Waals surface area contributed by atoms with Gasteiger partial charge in [-0.3, -0.25) is 37.3 Å². The molecule has 0 aliphatic rings. The van der Waals surface area contributed by atoms with E-state index in [0.717, 1.165) is 102 Å². The van der Waals surface area contributed by atoms with Crippen LogP contribution in [0, 0.1) is 11.8 Å². The summed E-state index contributed by atoms with van der Waals surface area (Å²) in [6, 6.07) is 0. The third-order valence-electron chi connectivity index (χ3n) is 19.7. The third kappa shape index (κ3) is 71.7. The number of ether oxygens (including phenoxy) is 4. The minimum Gasteiger partial charge on any atom is -0.462 e. The number of unbranched alkanes of at least 4 members (excludes halogenated alkanes) is 48. The molecule has 0 amide bonds. The van der Waals surface area contributed by atoms with Crippen LogP contribution in [0.5, 0.6) is 0 Å². The van der Waals surface area contributed by atoms with Gasteiger partial charge in [-0.2, -0.15) is 0 Å². The SMILES string of the molecule is CCCCCCCCCCCCCCCCCCCCCC(=O)O[C@H](COC(=O)CCCCCCCCCCCCC(C)CC)COP(=O)(O)OC[C@@H](O)COP(=O)(O)OC[C@@H](COC(=O)CCCCCCCCCCCCCCC)OC(=O)CCCCCCCCCCCCC(C)CC. The maximum atomic E-state index is 13.1. The third-order valence-corrected chi connectivity index (χ3v) is 21.6. The van der Waals surface area contributed by atoms with Crippen LogP contribution in [0.25, 0.3) is 0 Å². The Hall–Kier alpha value is -1.94. The lowest BCUT2D eigenvalue weighted by atomic mass is 9.99. The van der Waals surface area contributed by atoms with Crippen LogP contribution in [0.3, 0.4) is 0 Å². The van der Waals surface area contributed by atoms with Gasteiger partial charge in [0, 0.05) is 25.7 Å². The molecule has 0 bridgehead atoms. The Morgan fingerprint density at radius 2 is 0.480 bits per heavy atom. The van der Waals surface area contributed by atoms with Gasteiger partial charge in [-0.15, -0.1) is 0 Å². The van der Waals surface area contributed by atoms with E-state index in [1.807, 2.05) is 0 Å². The van der Waals surface area contributed by atoms with Crippen molar-refractivity contribution in [1.82, 2.24) is 0 Å². The first kappa shape index (κ1) is 98.1. The number of carbonyl (C=O) groups is 4. The second-order valence-corrected chi connectivity index (χ2v) is 32.6. The molecule has 0 fully saturated rings. The van der Waals surface area contributed by atoms with E-state index >= 15 is 0 Å². The Balaban J connectivity index is 5.27. The minimum atomic E-state index is -4.96. The van der Waals surface area contributed by atoms with E-state index in [1.54, 1.807) is 0 Å². The van der Waals surface area contributed by atoms with Crippen LogP contribution in [0.2, 0.25) is 0 Å². The van der Waals surface area contributed by atoms with E-state index in [4.69, 9.17) is 37.0 Å². The van der Waals surface area contributed by atoms with E-state index in [2.05, 4.69) is 41.5 Å². The highest BCUT2D eigenvalue weighted by Crippen LogP contribution is 2.45. The van der Waals surface area contributed by atoms with Crippen LogP contribution in [-0.2, 0) is 65.4 Å². The van der Waals surface area contributed by atoms with Crippen LogP contribution in [-0.4, -0.2) is 96.7 Å². The molecule has 0 spiro atoms. The van der Waals surface area contributed by atoms with Gasteiger partial charge in [0.15, 0.2) is 12.2 Å². The average Bonchev–Trinajstić information content (AvgIpc) is 0.937. The lowest BCUT2D eigenvalue weighted by Crippen LogP contribution is -2.30. The Morgan fingerprint density at radius 3 is 0.710 bits per heavy atom. The van der Waals surface area contributed by atoms with E-state index < -0.39 is 97.5 Å². The van der Waals surface area contributed by atoms with Crippen molar-refractivity contribution in [2.45, 2.75) is 445 Å². The normalized spacial score (nSPS) is 14.4. The molecule has 4 unspecified atom stereocenters. The molecule has 19 heteroatoms. The number of phosphoric acid groups is 2. The Bertz CT molecular complexity index is 1930. The summed E-state index contributed by atoms with van der Waals surface area (Å²) in [6.45, 7) is 9.69. The zero-order valence-electron chi connectivity index (χ0n) is 65.5. The number of carbonyl (C=O) groups excluding carboxylic acids is 4. The van der Waals surface area contributed by atoms with E-state index in [-0.39, 0.29) is 25.7 Å². The summed E-state index contributed by atoms with van der Waals surface area (Å²) in [5.41, 5.74) is 0. The lowest BCUT2D eigenvalue weighted by molar-refractivity contribution is -0.161. The number of hydrogen-bond acceptors (Lipinski definition) is 15. The van der Waals surface area contributed by atoms with Gasteiger partial charge in [0.1, 0.15) is 19.3 Å². The summed E-state index contributed by atoms with van der Waals surface area (Å²) in [7, 11) is -9.92. The van der Waals surface area contributed by atoms with Gasteiger partial charge in [0.05, 0.1) is 26.4 Å². The maximum Gasteiger partial charge on any atom is 0.472 e. The first-order chi connectivity index (χ1) is 48.4. The molecule has 0 aromatic rings. The van der Waals surface area contributed by atoms with Gasteiger partial charge in [-0.1, -0.05) is 375 Å². The molecule has 0 aliphatic heterocycles. The summed E-state index contributed by atoms with van der Waals surface area (Å²) in [6.07, 6.45) is 62.2. The zero-order chi connectivity index (χ0) is 73.5. The van der Waals surface area contributed by atoms with Crippen LogP contribution >= 0.6 is 15.6 Å². The van der Waals surface area contributed by atoms with Gasteiger partial charge < -0.3 is 33.8 Å². The topological polar surface area (TPSA) is 237 Å². The average molecular weight is 1470 g/mol. The van der Waals surface area contributed by atoms with Crippen LogP contribution in [0.4, 0.5) is 0 Å². The first-order valence-electron chi connectivity index (χ1n) is 42.1. The van der Waals surface area contributed by atoms with Crippen molar-refractivity contribution in [3.63, 3.8) is 0 Å². The van der Waals surface area contributed by atoms with Crippen LogP contribution < -0.4 is 0 Å². The number of aliphatic hydroxyl groups excluding tert-OH is 1. The molecule has 7 atom stereocenters. The fourth-order valence-electron chi connectivity index (χ4n) is 12.5. The molecule has 100 heavy (non-hydrogen) atoms. The first-order valence-corrected chi connectivity index (χ1v) is 45.1. The van der Waals surface area contributed by atoms with Gasteiger partial charge in [-0.25, -0.2) is 9.13 Å². The van der Waals surface area contributed by atoms with Crippen molar-refractivity contribution >= 4 is 39.5 Å². The van der Waals surface area contributed by atoms with Crippen molar-refractivity contribution in [2.24, 2.45) is 11.8 Å². The molecule has 0 rings (SSSR count).